The summed E-state index contributed by atoms with van der Waals surface area (Å²) in [5.41, 5.74) is -0.264. The molecule has 0 radical (unpaired) electrons. The summed E-state index contributed by atoms with van der Waals surface area (Å²) in [6.07, 6.45) is 2.67. The molecule has 1 amide bonds. The standard InChI is InChI=1S/C15H20FNO2/c1-15(19,12-7-8-12)10-17-14(18)9-6-11-4-2-3-5-13(11)16/h2-5,12,19H,6-10H2,1H3,(H,17,18)/t15-/m1/s1. The lowest BCUT2D eigenvalue weighted by Crippen LogP contribution is -2.42. The number of carbonyl (C=O) groups is 1. The first-order valence-corrected chi connectivity index (χ1v) is 6.71. The molecule has 0 saturated heterocycles. The number of halogens is 1. The molecule has 0 aliphatic heterocycles. The minimum absolute atomic E-state index is 0.149. The van der Waals surface area contributed by atoms with Gasteiger partial charge in [0, 0.05) is 13.0 Å². The van der Waals surface area contributed by atoms with Gasteiger partial charge >= 0.3 is 0 Å². The van der Waals surface area contributed by atoms with E-state index in [1.165, 1.54) is 6.07 Å². The van der Waals surface area contributed by atoms with Crippen LogP contribution >= 0.6 is 0 Å². The van der Waals surface area contributed by atoms with Gasteiger partial charge in [-0.3, -0.25) is 4.79 Å². The van der Waals surface area contributed by atoms with Gasteiger partial charge in [0.2, 0.25) is 5.91 Å². The van der Waals surface area contributed by atoms with Crippen molar-refractivity contribution in [3.05, 3.63) is 35.6 Å². The van der Waals surface area contributed by atoms with Crippen LogP contribution in [0.5, 0.6) is 0 Å². The molecule has 4 heteroatoms. The molecule has 2 N–H and O–H groups in total. The van der Waals surface area contributed by atoms with Crippen molar-refractivity contribution >= 4 is 5.91 Å². The molecule has 1 aromatic carbocycles. The van der Waals surface area contributed by atoms with Crippen LogP contribution in [0, 0.1) is 11.7 Å². The van der Waals surface area contributed by atoms with E-state index in [0.717, 1.165) is 12.8 Å². The van der Waals surface area contributed by atoms with Crippen LogP contribution in [0.15, 0.2) is 24.3 Å². The third-order valence-corrected chi connectivity index (χ3v) is 3.68. The molecule has 1 atom stereocenters. The van der Waals surface area contributed by atoms with Crippen LogP contribution in [0.1, 0.15) is 31.7 Å². The molecule has 0 aromatic heterocycles. The molecule has 19 heavy (non-hydrogen) atoms. The molecule has 1 fully saturated rings. The Hall–Kier alpha value is -1.42. The van der Waals surface area contributed by atoms with Gasteiger partial charge in [0.1, 0.15) is 5.82 Å². The molecule has 0 heterocycles. The third-order valence-electron chi connectivity index (χ3n) is 3.68. The molecular weight excluding hydrogens is 245 g/mol. The first kappa shape index (κ1) is 14.0. The van der Waals surface area contributed by atoms with E-state index >= 15 is 0 Å². The highest BCUT2D eigenvalue weighted by molar-refractivity contribution is 5.76. The maximum absolute atomic E-state index is 13.4. The van der Waals surface area contributed by atoms with Crippen LogP contribution in [0.3, 0.4) is 0 Å². The van der Waals surface area contributed by atoms with E-state index in [0.29, 0.717) is 17.9 Å². The first-order valence-electron chi connectivity index (χ1n) is 6.71. The van der Waals surface area contributed by atoms with Crippen LogP contribution in [-0.2, 0) is 11.2 Å². The van der Waals surface area contributed by atoms with E-state index < -0.39 is 5.60 Å². The average Bonchev–Trinajstić information content (AvgIpc) is 3.20. The molecule has 0 bridgehead atoms. The summed E-state index contributed by atoms with van der Waals surface area (Å²) in [4.78, 5) is 11.7. The number of hydrogen-bond donors (Lipinski definition) is 2. The number of nitrogens with one attached hydrogen (secondary N) is 1. The predicted octanol–water partition coefficient (Wildman–Crippen LogP) is 2.04. The maximum atomic E-state index is 13.4. The van der Waals surface area contributed by atoms with Crippen molar-refractivity contribution in [2.24, 2.45) is 5.92 Å². The molecule has 0 unspecified atom stereocenters. The van der Waals surface area contributed by atoms with Gasteiger partial charge in [0.05, 0.1) is 5.60 Å². The summed E-state index contributed by atoms with van der Waals surface area (Å²) in [5, 5.41) is 12.8. The van der Waals surface area contributed by atoms with E-state index in [9.17, 15) is 14.3 Å². The second-order valence-electron chi connectivity index (χ2n) is 5.50. The summed E-state index contributed by atoms with van der Waals surface area (Å²) >= 11 is 0. The monoisotopic (exact) mass is 265 g/mol. The summed E-state index contributed by atoms with van der Waals surface area (Å²) in [7, 11) is 0. The molecule has 0 spiro atoms. The highest BCUT2D eigenvalue weighted by Gasteiger charge is 2.39. The van der Waals surface area contributed by atoms with Crippen molar-refractivity contribution in [3.63, 3.8) is 0 Å². The Labute approximate surface area is 112 Å². The third kappa shape index (κ3) is 4.03. The normalized spacial score (nSPS) is 17.8. The number of aryl methyl sites for hydroxylation is 1. The lowest BCUT2D eigenvalue weighted by molar-refractivity contribution is -0.122. The zero-order valence-corrected chi connectivity index (χ0v) is 11.2. The average molecular weight is 265 g/mol. The van der Waals surface area contributed by atoms with Crippen LogP contribution in [-0.4, -0.2) is 23.2 Å². The van der Waals surface area contributed by atoms with Crippen molar-refractivity contribution in [2.45, 2.75) is 38.2 Å². The van der Waals surface area contributed by atoms with Crippen LogP contribution < -0.4 is 5.32 Å². The van der Waals surface area contributed by atoms with E-state index in [-0.39, 0.29) is 24.7 Å². The van der Waals surface area contributed by atoms with Crippen molar-refractivity contribution in [1.82, 2.24) is 5.32 Å². The minimum Gasteiger partial charge on any atom is -0.388 e. The Balaban J connectivity index is 1.74. The Morgan fingerprint density at radius 3 is 2.79 bits per heavy atom. The molecule has 104 valence electrons. The second-order valence-corrected chi connectivity index (χ2v) is 5.50. The van der Waals surface area contributed by atoms with E-state index in [1.807, 2.05) is 0 Å². The second kappa shape index (κ2) is 5.70. The number of benzene rings is 1. The fraction of sp³-hybridized carbons (Fsp3) is 0.533. The van der Waals surface area contributed by atoms with Gasteiger partial charge < -0.3 is 10.4 Å². The fourth-order valence-corrected chi connectivity index (χ4v) is 2.16. The molecule has 3 nitrogen and oxygen atoms in total. The van der Waals surface area contributed by atoms with Gasteiger partial charge in [-0.15, -0.1) is 0 Å². The molecule has 1 saturated carbocycles. The number of rotatable bonds is 6. The molecular formula is C15H20FNO2. The Bertz CT molecular complexity index is 455. The van der Waals surface area contributed by atoms with Crippen molar-refractivity contribution in [1.29, 1.82) is 0 Å². The van der Waals surface area contributed by atoms with Crippen LogP contribution in [0.4, 0.5) is 4.39 Å². The highest BCUT2D eigenvalue weighted by atomic mass is 19.1. The number of aliphatic hydroxyl groups is 1. The van der Waals surface area contributed by atoms with Crippen LogP contribution in [0.25, 0.3) is 0 Å². The largest absolute Gasteiger partial charge is 0.388 e. The molecule has 1 aliphatic carbocycles. The molecule has 2 rings (SSSR count). The van der Waals surface area contributed by atoms with Gasteiger partial charge in [-0.1, -0.05) is 18.2 Å². The minimum atomic E-state index is -0.812. The zero-order chi connectivity index (χ0) is 13.9. The predicted molar refractivity (Wildman–Crippen MR) is 71.1 cm³/mol. The fourth-order valence-electron chi connectivity index (χ4n) is 2.16. The molecule has 1 aromatic rings. The van der Waals surface area contributed by atoms with E-state index in [1.54, 1.807) is 25.1 Å². The summed E-state index contributed by atoms with van der Waals surface area (Å²) in [6, 6.07) is 6.47. The Kier molecular flexibility index (Phi) is 4.20. The highest BCUT2D eigenvalue weighted by Crippen LogP contribution is 2.38. The maximum Gasteiger partial charge on any atom is 0.220 e. The smallest absolute Gasteiger partial charge is 0.220 e. The Morgan fingerprint density at radius 1 is 1.47 bits per heavy atom. The number of carbonyl (C=O) groups excluding carboxylic acids is 1. The van der Waals surface area contributed by atoms with Gasteiger partial charge in [-0.25, -0.2) is 4.39 Å². The van der Waals surface area contributed by atoms with Crippen LogP contribution in [0.2, 0.25) is 0 Å². The Morgan fingerprint density at radius 2 is 2.16 bits per heavy atom. The first-order chi connectivity index (χ1) is 8.99. The van der Waals surface area contributed by atoms with Gasteiger partial charge in [0.15, 0.2) is 0 Å². The number of hydrogen-bond acceptors (Lipinski definition) is 2. The lowest BCUT2D eigenvalue weighted by atomic mass is 10.0. The van der Waals surface area contributed by atoms with Crippen molar-refractivity contribution < 1.29 is 14.3 Å². The summed E-state index contributed by atoms with van der Waals surface area (Å²) in [6.45, 7) is 2.02. The summed E-state index contributed by atoms with van der Waals surface area (Å²) in [5.74, 6) is -0.121. The number of amides is 1. The topological polar surface area (TPSA) is 49.3 Å². The lowest BCUT2D eigenvalue weighted by Gasteiger charge is -2.23. The van der Waals surface area contributed by atoms with E-state index in [2.05, 4.69) is 5.32 Å². The SMILES string of the molecule is C[C@@](O)(CNC(=O)CCc1ccccc1F)C1CC1. The summed E-state index contributed by atoms with van der Waals surface area (Å²) < 4.78 is 13.4. The van der Waals surface area contributed by atoms with Crippen molar-refractivity contribution in [2.75, 3.05) is 6.54 Å². The van der Waals surface area contributed by atoms with Gasteiger partial charge in [-0.05, 0) is 43.7 Å². The zero-order valence-electron chi connectivity index (χ0n) is 11.2. The van der Waals surface area contributed by atoms with E-state index in [4.69, 9.17) is 0 Å². The quantitative estimate of drug-likeness (QED) is 0.827. The molecule has 1 aliphatic rings. The van der Waals surface area contributed by atoms with Gasteiger partial charge in [-0.2, -0.15) is 0 Å². The van der Waals surface area contributed by atoms with Gasteiger partial charge in [0.25, 0.3) is 0 Å². The van der Waals surface area contributed by atoms with Crippen molar-refractivity contribution in [3.8, 4) is 0 Å².